The van der Waals surface area contributed by atoms with Crippen LogP contribution in [0.1, 0.15) is 43.7 Å². The van der Waals surface area contributed by atoms with E-state index in [1.807, 2.05) is 6.92 Å². The van der Waals surface area contributed by atoms with Gasteiger partial charge >= 0.3 is 0 Å². The summed E-state index contributed by atoms with van der Waals surface area (Å²) in [4.78, 5) is 11.8. The van der Waals surface area contributed by atoms with Gasteiger partial charge in [-0.25, -0.2) is 13.6 Å². The molecule has 1 rings (SSSR count). The van der Waals surface area contributed by atoms with Gasteiger partial charge in [0.2, 0.25) is 15.9 Å². The lowest BCUT2D eigenvalue weighted by Crippen LogP contribution is -2.16. The first-order chi connectivity index (χ1) is 9.25. The molecule has 0 atom stereocenters. The van der Waals surface area contributed by atoms with Crippen molar-refractivity contribution in [3.8, 4) is 0 Å². The third-order valence-corrected chi connectivity index (χ3v) is 4.14. The molecule has 20 heavy (non-hydrogen) atoms. The van der Waals surface area contributed by atoms with Gasteiger partial charge in [-0.1, -0.05) is 19.8 Å². The molecular weight excluding hydrogens is 276 g/mol. The van der Waals surface area contributed by atoms with Crippen molar-refractivity contribution in [3.63, 3.8) is 0 Å². The molecule has 5 nitrogen and oxygen atoms in total. The minimum atomic E-state index is -3.77. The average molecular weight is 298 g/mol. The number of carbonyl (C=O) groups is 1. The Morgan fingerprint density at radius 1 is 1.25 bits per heavy atom. The molecule has 0 unspecified atom stereocenters. The van der Waals surface area contributed by atoms with Gasteiger partial charge in [0.05, 0.1) is 4.90 Å². The van der Waals surface area contributed by atoms with E-state index >= 15 is 0 Å². The Kier molecular flexibility index (Phi) is 5.71. The molecule has 0 aliphatic heterocycles. The molecule has 0 bridgehead atoms. The summed E-state index contributed by atoms with van der Waals surface area (Å²) < 4.78 is 22.8. The lowest BCUT2D eigenvalue weighted by Gasteiger charge is -2.12. The van der Waals surface area contributed by atoms with Crippen molar-refractivity contribution < 1.29 is 13.2 Å². The van der Waals surface area contributed by atoms with Crippen LogP contribution in [0.25, 0.3) is 0 Å². The Morgan fingerprint density at radius 3 is 2.45 bits per heavy atom. The predicted molar refractivity (Wildman–Crippen MR) is 80.1 cm³/mol. The van der Waals surface area contributed by atoms with E-state index in [0.29, 0.717) is 12.1 Å². The van der Waals surface area contributed by atoms with Crippen LogP contribution in [-0.4, -0.2) is 14.3 Å². The number of aryl methyl sites for hydroxylation is 1. The number of nitrogens with one attached hydrogen (secondary N) is 1. The fourth-order valence-electron chi connectivity index (χ4n) is 1.87. The van der Waals surface area contributed by atoms with Crippen molar-refractivity contribution in [1.82, 2.24) is 0 Å². The van der Waals surface area contributed by atoms with Gasteiger partial charge in [-0.2, -0.15) is 0 Å². The van der Waals surface area contributed by atoms with Crippen molar-refractivity contribution in [3.05, 3.63) is 23.3 Å². The first-order valence-electron chi connectivity index (χ1n) is 6.69. The predicted octanol–water partition coefficient (Wildman–Crippen LogP) is 2.47. The number of amides is 1. The highest BCUT2D eigenvalue weighted by Crippen LogP contribution is 2.23. The average Bonchev–Trinajstić information content (AvgIpc) is 2.33. The Bertz CT molecular complexity index is 595. The number of anilines is 1. The van der Waals surface area contributed by atoms with E-state index in [-0.39, 0.29) is 10.8 Å². The largest absolute Gasteiger partial charge is 0.326 e. The maximum absolute atomic E-state index is 11.8. The Labute approximate surface area is 120 Å². The highest BCUT2D eigenvalue weighted by atomic mass is 32.2. The summed E-state index contributed by atoms with van der Waals surface area (Å²) in [6.07, 6.45) is 3.32. The number of hydrogen-bond donors (Lipinski definition) is 2. The van der Waals surface area contributed by atoms with Crippen LogP contribution in [0, 0.1) is 13.8 Å². The number of benzene rings is 1. The van der Waals surface area contributed by atoms with Crippen LogP contribution in [-0.2, 0) is 14.8 Å². The molecular formula is C14H22N2O3S. The molecule has 0 aliphatic rings. The molecule has 0 spiro atoms. The molecule has 0 saturated heterocycles. The quantitative estimate of drug-likeness (QED) is 0.791. The zero-order chi connectivity index (χ0) is 15.3. The van der Waals surface area contributed by atoms with Crippen LogP contribution in [0.2, 0.25) is 0 Å². The standard InChI is InChI=1S/C14H22N2O3S/c1-4-5-6-7-14(17)16-13-9-12(20(15,18)19)8-10(2)11(13)3/h8-9H,4-7H2,1-3H3,(H,16,17)(H2,15,18,19). The maximum Gasteiger partial charge on any atom is 0.238 e. The van der Waals surface area contributed by atoms with Crippen molar-refractivity contribution >= 4 is 21.6 Å². The molecule has 0 saturated carbocycles. The number of primary sulfonamides is 1. The molecule has 0 heterocycles. The first kappa shape index (κ1) is 16.7. The SMILES string of the molecule is CCCCCC(=O)Nc1cc(S(N)(=O)=O)cc(C)c1C. The number of rotatable bonds is 6. The molecule has 3 N–H and O–H groups in total. The fraction of sp³-hybridized carbons (Fsp3) is 0.500. The highest BCUT2D eigenvalue weighted by Gasteiger charge is 2.14. The molecule has 0 aliphatic carbocycles. The minimum absolute atomic E-state index is 0.0180. The van der Waals surface area contributed by atoms with Crippen LogP contribution in [0.15, 0.2) is 17.0 Å². The van der Waals surface area contributed by atoms with Gasteiger partial charge in [0.15, 0.2) is 0 Å². The smallest absolute Gasteiger partial charge is 0.238 e. The van der Waals surface area contributed by atoms with Gasteiger partial charge in [-0.3, -0.25) is 4.79 Å². The van der Waals surface area contributed by atoms with Crippen LogP contribution in [0.5, 0.6) is 0 Å². The molecule has 1 amide bonds. The summed E-state index contributed by atoms with van der Waals surface area (Å²) in [5, 5.41) is 7.90. The lowest BCUT2D eigenvalue weighted by atomic mass is 10.1. The second-order valence-corrected chi connectivity index (χ2v) is 6.52. The fourth-order valence-corrected chi connectivity index (χ4v) is 2.49. The first-order valence-corrected chi connectivity index (χ1v) is 8.24. The molecule has 6 heteroatoms. The lowest BCUT2D eigenvalue weighted by molar-refractivity contribution is -0.116. The zero-order valence-electron chi connectivity index (χ0n) is 12.2. The van der Waals surface area contributed by atoms with Crippen molar-refractivity contribution in [2.45, 2.75) is 51.3 Å². The minimum Gasteiger partial charge on any atom is -0.326 e. The highest BCUT2D eigenvalue weighted by molar-refractivity contribution is 7.89. The van der Waals surface area contributed by atoms with Crippen LogP contribution < -0.4 is 10.5 Å². The Hall–Kier alpha value is -1.40. The molecule has 1 aromatic carbocycles. The number of hydrogen-bond acceptors (Lipinski definition) is 3. The molecule has 112 valence electrons. The van der Waals surface area contributed by atoms with Gasteiger partial charge in [0.25, 0.3) is 0 Å². The number of carbonyl (C=O) groups excluding carboxylic acids is 1. The summed E-state index contributed by atoms with van der Waals surface area (Å²) >= 11 is 0. The van der Waals surface area contributed by atoms with E-state index in [2.05, 4.69) is 12.2 Å². The second kappa shape index (κ2) is 6.85. The van der Waals surface area contributed by atoms with E-state index in [4.69, 9.17) is 5.14 Å². The molecule has 0 aromatic heterocycles. The Balaban J connectivity index is 2.95. The van der Waals surface area contributed by atoms with E-state index in [1.165, 1.54) is 12.1 Å². The molecule has 0 radical (unpaired) electrons. The van der Waals surface area contributed by atoms with Crippen LogP contribution in [0.3, 0.4) is 0 Å². The van der Waals surface area contributed by atoms with Crippen LogP contribution >= 0.6 is 0 Å². The van der Waals surface area contributed by atoms with Crippen molar-refractivity contribution in [2.75, 3.05) is 5.32 Å². The second-order valence-electron chi connectivity index (χ2n) is 4.96. The number of sulfonamides is 1. The topological polar surface area (TPSA) is 89.3 Å². The third kappa shape index (κ3) is 4.61. The van der Waals surface area contributed by atoms with Gasteiger partial charge in [0, 0.05) is 12.1 Å². The van der Waals surface area contributed by atoms with Gasteiger partial charge in [-0.05, 0) is 43.5 Å². The number of nitrogens with two attached hydrogens (primary N) is 1. The normalized spacial score (nSPS) is 11.4. The maximum atomic E-state index is 11.8. The van der Waals surface area contributed by atoms with Crippen molar-refractivity contribution in [1.29, 1.82) is 0 Å². The summed E-state index contributed by atoms with van der Waals surface area (Å²) in [5.74, 6) is -0.104. The van der Waals surface area contributed by atoms with Gasteiger partial charge in [-0.15, -0.1) is 0 Å². The summed E-state index contributed by atoms with van der Waals surface area (Å²) in [6.45, 7) is 5.70. The van der Waals surface area contributed by atoms with E-state index in [9.17, 15) is 13.2 Å². The summed E-state index contributed by atoms with van der Waals surface area (Å²) in [6, 6.07) is 2.92. The van der Waals surface area contributed by atoms with Crippen LogP contribution in [0.4, 0.5) is 5.69 Å². The summed E-state index contributed by atoms with van der Waals surface area (Å²) in [5.41, 5.74) is 2.14. The monoisotopic (exact) mass is 298 g/mol. The molecule has 0 fully saturated rings. The molecule has 1 aromatic rings. The van der Waals surface area contributed by atoms with Gasteiger partial charge < -0.3 is 5.32 Å². The third-order valence-electron chi connectivity index (χ3n) is 3.25. The Morgan fingerprint density at radius 2 is 1.90 bits per heavy atom. The summed E-state index contributed by atoms with van der Waals surface area (Å²) in [7, 11) is -3.77. The number of unbranched alkanes of at least 4 members (excludes halogenated alkanes) is 2. The zero-order valence-corrected chi connectivity index (χ0v) is 13.0. The van der Waals surface area contributed by atoms with E-state index in [1.54, 1.807) is 6.92 Å². The van der Waals surface area contributed by atoms with E-state index < -0.39 is 10.0 Å². The van der Waals surface area contributed by atoms with Gasteiger partial charge in [0.1, 0.15) is 0 Å². The van der Waals surface area contributed by atoms with E-state index in [0.717, 1.165) is 30.4 Å². The van der Waals surface area contributed by atoms with Crippen molar-refractivity contribution in [2.24, 2.45) is 5.14 Å².